The van der Waals surface area contributed by atoms with Gasteiger partial charge in [0.2, 0.25) is 0 Å². The summed E-state index contributed by atoms with van der Waals surface area (Å²) in [5.74, 6) is 1.67. The first-order valence-electron chi connectivity index (χ1n) is 8.62. The standard InChI is InChI=1S/C20H30O/c1-13(2)18-14-7-10-17-19(3,4)11-6-12-20(17,5)15(14)8-9-16(18)21/h8-9,13,17,21H,6-7,10-12H2,1-5H3/t17-,20+/m0/s1. The molecule has 1 N–H and O–H groups in total. The summed E-state index contributed by atoms with van der Waals surface area (Å²) in [6.45, 7) is 11.8. The molecule has 1 heteroatoms. The van der Waals surface area contributed by atoms with Gasteiger partial charge in [-0.15, -0.1) is 0 Å². The van der Waals surface area contributed by atoms with Gasteiger partial charge in [-0.2, -0.15) is 0 Å². The Morgan fingerprint density at radius 3 is 2.52 bits per heavy atom. The van der Waals surface area contributed by atoms with Crippen molar-refractivity contribution in [2.24, 2.45) is 11.3 Å². The van der Waals surface area contributed by atoms with E-state index < -0.39 is 0 Å². The molecule has 0 saturated heterocycles. The molecule has 0 spiro atoms. The fraction of sp³-hybridized carbons (Fsp3) is 0.700. The summed E-state index contributed by atoms with van der Waals surface area (Å²) in [6.07, 6.45) is 6.41. The van der Waals surface area contributed by atoms with Crippen LogP contribution in [0.15, 0.2) is 12.1 Å². The molecular formula is C20H30O. The first-order chi connectivity index (χ1) is 9.77. The molecule has 116 valence electrons. The molecule has 0 aliphatic heterocycles. The number of phenolic OH excluding ortho intramolecular Hbond substituents is 1. The Balaban J connectivity index is 2.17. The van der Waals surface area contributed by atoms with Crippen molar-refractivity contribution in [2.75, 3.05) is 0 Å². The summed E-state index contributed by atoms with van der Waals surface area (Å²) < 4.78 is 0. The third kappa shape index (κ3) is 2.12. The van der Waals surface area contributed by atoms with Gasteiger partial charge in [-0.3, -0.25) is 0 Å². The summed E-state index contributed by atoms with van der Waals surface area (Å²) >= 11 is 0. The minimum Gasteiger partial charge on any atom is -0.508 e. The lowest BCUT2D eigenvalue weighted by Crippen LogP contribution is -2.48. The Hall–Kier alpha value is -0.980. The van der Waals surface area contributed by atoms with Gasteiger partial charge in [-0.1, -0.05) is 47.1 Å². The molecule has 1 saturated carbocycles. The van der Waals surface area contributed by atoms with Crippen LogP contribution in [0.3, 0.4) is 0 Å². The highest BCUT2D eigenvalue weighted by molar-refractivity contribution is 5.51. The molecule has 0 heterocycles. The first-order valence-corrected chi connectivity index (χ1v) is 8.62. The average molecular weight is 286 g/mol. The van der Waals surface area contributed by atoms with E-state index in [0.29, 0.717) is 22.5 Å². The summed E-state index contributed by atoms with van der Waals surface area (Å²) in [7, 11) is 0. The van der Waals surface area contributed by atoms with E-state index in [4.69, 9.17) is 0 Å². The lowest BCUT2D eigenvalue weighted by atomic mass is 9.50. The average Bonchev–Trinajstić information content (AvgIpc) is 2.36. The topological polar surface area (TPSA) is 20.2 Å². The molecule has 0 unspecified atom stereocenters. The zero-order valence-electron chi connectivity index (χ0n) is 14.3. The quantitative estimate of drug-likeness (QED) is 0.718. The second-order valence-corrected chi connectivity index (χ2v) is 8.53. The van der Waals surface area contributed by atoms with Crippen molar-refractivity contribution in [2.45, 2.75) is 78.1 Å². The maximum atomic E-state index is 10.3. The summed E-state index contributed by atoms with van der Waals surface area (Å²) in [5.41, 5.74) is 4.94. The minimum atomic E-state index is 0.298. The number of fused-ring (bicyclic) bond motifs is 3. The molecule has 1 aromatic carbocycles. The van der Waals surface area contributed by atoms with Gasteiger partial charge in [0.15, 0.2) is 0 Å². The van der Waals surface area contributed by atoms with Crippen LogP contribution >= 0.6 is 0 Å². The largest absolute Gasteiger partial charge is 0.508 e. The monoisotopic (exact) mass is 286 g/mol. The molecule has 1 fully saturated rings. The van der Waals surface area contributed by atoms with Crippen LogP contribution in [0.1, 0.15) is 82.9 Å². The van der Waals surface area contributed by atoms with Gasteiger partial charge in [0.25, 0.3) is 0 Å². The van der Waals surface area contributed by atoms with Gasteiger partial charge in [-0.05, 0) is 71.1 Å². The third-order valence-corrected chi connectivity index (χ3v) is 6.44. The van der Waals surface area contributed by atoms with Crippen molar-refractivity contribution >= 4 is 0 Å². The predicted molar refractivity (Wildman–Crippen MR) is 89.0 cm³/mol. The molecule has 2 aliphatic carbocycles. The Bertz CT molecular complexity index is 555. The predicted octanol–water partition coefficient (Wildman–Crippen LogP) is 5.55. The third-order valence-electron chi connectivity index (χ3n) is 6.44. The smallest absolute Gasteiger partial charge is 0.119 e. The van der Waals surface area contributed by atoms with E-state index in [1.807, 2.05) is 6.07 Å². The van der Waals surface area contributed by atoms with E-state index in [9.17, 15) is 5.11 Å². The summed E-state index contributed by atoms with van der Waals surface area (Å²) in [6, 6.07) is 4.17. The van der Waals surface area contributed by atoms with Crippen LogP contribution in [0, 0.1) is 11.3 Å². The van der Waals surface area contributed by atoms with Crippen molar-refractivity contribution in [3.8, 4) is 5.75 Å². The molecule has 1 nitrogen and oxygen atoms in total. The molecule has 0 bridgehead atoms. The number of rotatable bonds is 1. The van der Waals surface area contributed by atoms with E-state index >= 15 is 0 Å². The van der Waals surface area contributed by atoms with Crippen molar-refractivity contribution in [3.05, 3.63) is 28.8 Å². The highest BCUT2D eigenvalue weighted by Gasteiger charge is 2.50. The Morgan fingerprint density at radius 2 is 1.86 bits per heavy atom. The van der Waals surface area contributed by atoms with Crippen molar-refractivity contribution < 1.29 is 5.11 Å². The van der Waals surface area contributed by atoms with E-state index in [1.54, 1.807) is 0 Å². The first kappa shape index (κ1) is 14.9. The molecule has 2 atom stereocenters. The molecule has 0 aromatic heterocycles. The number of phenols is 1. The maximum absolute atomic E-state index is 10.3. The number of benzene rings is 1. The molecule has 3 rings (SSSR count). The number of hydrogen-bond donors (Lipinski definition) is 1. The van der Waals surface area contributed by atoms with Gasteiger partial charge in [0.05, 0.1) is 0 Å². The molecular weight excluding hydrogens is 256 g/mol. The highest BCUT2D eigenvalue weighted by Crippen LogP contribution is 2.58. The SMILES string of the molecule is CC(C)c1c(O)ccc2c1CC[C@H]1C(C)(C)CCC[C@]21C. The van der Waals surface area contributed by atoms with Crippen molar-refractivity contribution in [1.82, 2.24) is 0 Å². The van der Waals surface area contributed by atoms with Gasteiger partial charge in [0, 0.05) is 0 Å². The zero-order valence-corrected chi connectivity index (χ0v) is 14.3. The minimum absolute atomic E-state index is 0.298. The van der Waals surface area contributed by atoms with Gasteiger partial charge >= 0.3 is 0 Å². The van der Waals surface area contributed by atoms with Crippen LogP contribution < -0.4 is 0 Å². The highest BCUT2D eigenvalue weighted by atomic mass is 16.3. The summed E-state index contributed by atoms with van der Waals surface area (Å²) in [4.78, 5) is 0. The number of aromatic hydroxyl groups is 1. The lowest BCUT2D eigenvalue weighted by Gasteiger charge is -2.54. The second kappa shape index (κ2) is 4.76. The molecule has 0 radical (unpaired) electrons. The van der Waals surface area contributed by atoms with E-state index in [1.165, 1.54) is 42.4 Å². The molecule has 1 aromatic rings. The lowest BCUT2D eigenvalue weighted by molar-refractivity contribution is 0.0404. The van der Waals surface area contributed by atoms with Crippen LogP contribution in [-0.4, -0.2) is 5.11 Å². The molecule has 0 amide bonds. The van der Waals surface area contributed by atoms with E-state index in [0.717, 1.165) is 12.3 Å². The van der Waals surface area contributed by atoms with Crippen LogP contribution in [0.2, 0.25) is 0 Å². The zero-order chi connectivity index (χ0) is 15.4. The van der Waals surface area contributed by atoms with Gasteiger partial charge < -0.3 is 5.11 Å². The molecule has 21 heavy (non-hydrogen) atoms. The normalized spacial score (nSPS) is 30.9. The van der Waals surface area contributed by atoms with E-state index in [-0.39, 0.29) is 0 Å². The van der Waals surface area contributed by atoms with E-state index in [2.05, 4.69) is 40.7 Å². The van der Waals surface area contributed by atoms with Crippen LogP contribution in [0.5, 0.6) is 5.75 Å². The van der Waals surface area contributed by atoms with Crippen molar-refractivity contribution in [1.29, 1.82) is 0 Å². The van der Waals surface area contributed by atoms with Crippen LogP contribution in [0.25, 0.3) is 0 Å². The van der Waals surface area contributed by atoms with Gasteiger partial charge in [-0.25, -0.2) is 0 Å². The van der Waals surface area contributed by atoms with Crippen LogP contribution in [0.4, 0.5) is 0 Å². The Morgan fingerprint density at radius 1 is 1.14 bits per heavy atom. The Labute approximate surface area is 129 Å². The van der Waals surface area contributed by atoms with Crippen LogP contribution in [-0.2, 0) is 11.8 Å². The second-order valence-electron chi connectivity index (χ2n) is 8.53. The fourth-order valence-corrected chi connectivity index (χ4v) is 5.54. The fourth-order valence-electron chi connectivity index (χ4n) is 5.54. The molecule has 2 aliphatic rings. The van der Waals surface area contributed by atoms with Gasteiger partial charge in [0.1, 0.15) is 5.75 Å². The van der Waals surface area contributed by atoms with Crippen molar-refractivity contribution in [3.63, 3.8) is 0 Å². The number of hydrogen-bond acceptors (Lipinski definition) is 1. The Kier molecular flexibility index (Phi) is 3.39. The summed E-state index contributed by atoms with van der Waals surface area (Å²) in [5, 5.41) is 10.3. The maximum Gasteiger partial charge on any atom is 0.119 e.